The average molecular weight is 262 g/mol. The van der Waals surface area contributed by atoms with Crippen LogP contribution in [0.5, 0.6) is 0 Å². The molecule has 0 aliphatic heterocycles. The van der Waals surface area contributed by atoms with Crippen molar-refractivity contribution in [1.82, 2.24) is 9.55 Å². The number of aromatic nitrogens is 2. The van der Waals surface area contributed by atoms with Crippen LogP contribution in [-0.4, -0.2) is 28.9 Å². The number of carbonyl (C=O) groups excluding carboxylic acids is 2. The SMILES string of the molecule is COC(=O)c1ccc(F)c(Cn2cnc(C=O)c2)c1. The van der Waals surface area contributed by atoms with Crippen molar-refractivity contribution in [1.29, 1.82) is 0 Å². The number of benzene rings is 1. The number of carbonyl (C=O) groups is 2. The highest BCUT2D eigenvalue weighted by atomic mass is 19.1. The Morgan fingerprint density at radius 3 is 2.95 bits per heavy atom. The van der Waals surface area contributed by atoms with Crippen LogP contribution in [0.1, 0.15) is 26.4 Å². The fraction of sp³-hybridized carbons (Fsp3) is 0.154. The van der Waals surface area contributed by atoms with Crippen molar-refractivity contribution >= 4 is 12.3 Å². The molecule has 0 spiro atoms. The monoisotopic (exact) mass is 262 g/mol. The van der Waals surface area contributed by atoms with Crippen molar-refractivity contribution in [3.05, 3.63) is 53.4 Å². The summed E-state index contributed by atoms with van der Waals surface area (Å²) in [6.07, 6.45) is 3.53. The molecule has 0 aliphatic carbocycles. The normalized spacial score (nSPS) is 10.2. The van der Waals surface area contributed by atoms with Crippen molar-refractivity contribution < 1.29 is 18.7 Å². The number of methoxy groups -OCH3 is 1. The highest BCUT2D eigenvalue weighted by molar-refractivity contribution is 5.89. The highest BCUT2D eigenvalue weighted by Crippen LogP contribution is 2.13. The Hall–Kier alpha value is -2.50. The summed E-state index contributed by atoms with van der Waals surface area (Å²) >= 11 is 0. The summed E-state index contributed by atoms with van der Waals surface area (Å²) in [5.41, 5.74) is 0.858. The second-order valence-corrected chi connectivity index (χ2v) is 3.89. The van der Waals surface area contributed by atoms with Gasteiger partial charge in [-0.2, -0.15) is 0 Å². The van der Waals surface area contributed by atoms with Gasteiger partial charge in [0.05, 0.1) is 25.5 Å². The van der Waals surface area contributed by atoms with Gasteiger partial charge < -0.3 is 9.30 Å². The fourth-order valence-electron chi connectivity index (χ4n) is 1.66. The van der Waals surface area contributed by atoms with Crippen LogP contribution in [0.4, 0.5) is 4.39 Å². The average Bonchev–Trinajstić information content (AvgIpc) is 2.88. The third kappa shape index (κ3) is 2.85. The van der Waals surface area contributed by atoms with Gasteiger partial charge in [-0.25, -0.2) is 14.2 Å². The molecule has 6 heteroatoms. The van der Waals surface area contributed by atoms with E-state index < -0.39 is 11.8 Å². The largest absolute Gasteiger partial charge is 0.465 e. The molecule has 0 radical (unpaired) electrons. The Balaban J connectivity index is 2.28. The van der Waals surface area contributed by atoms with E-state index in [2.05, 4.69) is 9.72 Å². The molecule has 0 bridgehead atoms. The van der Waals surface area contributed by atoms with Gasteiger partial charge in [0.1, 0.15) is 11.5 Å². The minimum atomic E-state index is -0.527. The van der Waals surface area contributed by atoms with Crippen LogP contribution in [0.25, 0.3) is 0 Å². The van der Waals surface area contributed by atoms with E-state index in [1.54, 1.807) is 4.57 Å². The van der Waals surface area contributed by atoms with Crippen molar-refractivity contribution in [2.45, 2.75) is 6.54 Å². The lowest BCUT2D eigenvalue weighted by Crippen LogP contribution is -2.05. The van der Waals surface area contributed by atoms with Crippen LogP contribution in [0.3, 0.4) is 0 Å². The Labute approximate surface area is 108 Å². The summed E-state index contributed by atoms with van der Waals surface area (Å²) in [6.45, 7) is 0.178. The van der Waals surface area contributed by atoms with Gasteiger partial charge >= 0.3 is 5.97 Å². The molecule has 0 fully saturated rings. The van der Waals surface area contributed by atoms with Crippen molar-refractivity contribution in [3.8, 4) is 0 Å². The predicted octanol–water partition coefficient (Wildman–Crippen LogP) is 1.67. The first kappa shape index (κ1) is 12.9. The molecule has 0 unspecified atom stereocenters. The molecule has 98 valence electrons. The maximum Gasteiger partial charge on any atom is 0.337 e. The molecule has 0 saturated carbocycles. The minimum absolute atomic E-state index is 0.178. The van der Waals surface area contributed by atoms with Gasteiger partial charge in [0, 0.05) is 11.8 Å². The van der Waals surface area contributed by atoms with Gasteiger partial charge in [-0.3, -0.25) is 4.79 Å². The van der Waals surface area contributed by atoms with Gasteiger partial charge in [0.25, 0.3) is 0 Å². The second-order valence-electron chi connectivity index (χ2n) is 3.89. The number of imidazole rings is 1. The second kappa shape index (κ2) is 5.43. The van der Waals surface area contributed by atoms with Gasteiger partial charge in [0.15, 0.2) is 6.29 Å². The van der Waals surface area contributed by atoms with E-state index in [9.17, 15) is 14.0 Å². The highest BCUT2D eigenvalue weighted by Gasteiger charge is 2.10. The number of nitrogens with zero attached hydrogens (tertiary/aromatic N) is 2. The van der Waals surface area contributed by atoms with Gasteiger partial charge in [-0.1, -0.05) is 0 Å². The molecule has 5 nitrogen and oxygen atoms in total. The van der Waals surface area contributed by atoms with E-state index in [4.69, 9.17) is 0 Å². The Morgan fingerprint density at radius 1 is 1.53 bits per heavy atom. The smallest absolute Gasteiger partial charge is 0.337 e. The first-order valence-electron chi connectivity index (χ1n) is 5.47. The van der Waals surface area contributed by atoms with E-state index in [1.807, 2.05) is 0 Å². The summed E-state index contributed by atoms with van der Waals surface area (Å²) in [6, 6.07) is 3.98. The third-order valence-corrected chi connectivity index (χ3v) is 2.59. The molecule has 2 aromatic rings. The number of halogens is 1. The first-order valence-corrected chi connectivity index (χ1v) is 5.47. The van der Waals surface area contributed by atoms with Gasteiger partial charge in [-0.05, 0) is 18.2 Å². The zero-order chi connectivity index (χ0) is 13.8. The zero-order valence-corrected chi connectivity index (χ0v) is 10.2. The lowest BCUT2D eigenvalue weighted by Gasteiger charge is -2.06. The molecule has 1 aromatic heterocycles. The van der Waals surface area contributed by atoms with E-state index in [0.29, 0.717) is 11.8 Å². The molecule has 0 amide bonds. The lowest BCUT2D eigenvalue weighted by atomic mass is 10.1. The number of rotatable bonds is 4. The number of ether oxygens (including phenoxy) is 1. The molecule has 1 heterocycles. The fourth-order valence-corrected chi connectivity index (χ4v) is 1.66. The molecule has 19 heavy (non-hydrogen) atoms. The van der Waals surface area contributed by atoms with E-state index in [0.717, 1.165) is 0 Å². The van der Waals surface area contributed by atoms with Gasteiger partial charge in [-0.15, -0.1) is 0 Å². The quantitative estimate of drug-likeness (QED) is 0.621. The Bertz CT molecular complexity index is 622. The van der Waals surface area contributed by atoms with Crippen molar-refractivity contribution in [2.24, 2.45) is 0 Å². The lowest BCUT2D eigenvalue weighted by molar-refractivity contribution is 0.0600. The molecular formula is C13H11FN2O3. The van der Waals surface area contributed by atoms with Crippen molar-refractivity contribution in [2.75, 3.05) is 7.11 Å². The van der Waals surface area contributed by atoms with E-state index in [1.165, 1.54) is 37.8 Å². The molecule has 0 aliphatic rings. The van der Waals surface area contributed by atoms with E-state index in [-0.39, 0.29) is 17.8 Å². The van der Waals surface area contributed by atoms with Gasteiger partial charge in [0.2, 0.25) is 0 Å². The van der Waals surface area contributed by atoms with Crippen LogP contribution >= 0.6 is 0 Å². The summed E-state index contributed by atoms with van der Waals surface area (Å²) in [4.78, 5) is 25.7. The van der Waals surface area contributed by atoms with Crippen LogP contribution < -0.4 is 0 Å². The minimum Gasteiger partial charge on any atom is -0.465 e. The molecule has 0 N–H and O–H groups in total. The topological polar surface area (TPSA) is 61.2 Å². The van der Waals surface area contributed by atoms with Crippen LogP contribution in [0, 0.1) is 5.82 Å². The maximum atomic E-state index is 13.7. The summed E-state index contributed by atoms with van der Waals surface area (Å²) in [5, 5.41) is 0. The third-order valence-electron chi connectivity index (χ3n) is 2.59. The molecule has 0 saturated heterocycles. The first-order chi connectivity index (χ1) is 9.13. The number of esters is 1. The molecule has 2 rings (SSSR count). The Kier molecular flexibility index (Phi) is 3.70. The predicted molar refractivity (Wildman–Crippen MR) is 64.5 cm³/mol. The standard InChI is InChI=1S/C13H11FN2O3/c1-19-13(18)9-2-3-12(14)10(4-9)5-16-6-11(7-17)15-8-16/h2-4,6-8H,5H2,1H3. The van der Waals surface area contributed by atoms with Crippen LogP contribution in [0.2, 0.25) is 0 Å². The summed E-state index contributed by atoms with van der Waals surface area (Å²) in [5.74, 6) is -0.963. The molecular weight excluding hydrogens is 251 g/mol. The van der Waals surface area contributed by atoms with Crippen molar-refractivity contribution in [3.63, 3.8) is 0 Å². The van der Waals surface area contributed by atoms with Crippen LogP contribution in [-0.2, 0) is 11.3 Å². The maximum absolute atomic E-state index is 13.7. The summed E-state index contributed by atoms with van der Waals surface area (Å²) < 4.78 is 19.8. The number of hydrogen-bond donors (Lipinski definition) is 0. The summed E-state index contributed by atoms with van der Waals surface area (Å²) in [7, 11) is 1.26. The number of hydrogen-bond acceptors (Lipinski definition) is 4. The number of aldehydes is 1. The molecule has 1 aromatic carbocycles. The van der Waals surface area contributed by atoms with E-state index >= 15 is 0 Å². The zero-order valence-electron chi connectivity index (χ0n) is 10.2. The molecule has 0 atom stereocenters. The Morgan fingerprint density at radius 2 is 2.32 bits per heavy atom. The van der Waals surface area contributed by atoms with Crippen LogP contribution in [0.15, 0.2) is 30.7 Å².